The Kier molecular flexibility index (Phi) is 5.97. The number of H-pyrrole nitrogens is 1. The number of carbonyl (C=O) groups is 1. The van der Waals surface area contributed by atoms with Gasteiger partial charge in [-0.25, -0.2) is 4.39 Å². The van der Waals surface area contributed by atoms with Gasteiger partial charge in [0.25, 0.3) is 5.91 Å². The largest absolute Gasteiger partial charge is 0.392 e. The van der Waals surface area contributed by atoms with Crippen molar-refractivity contribution in [3.05, 3.63) is 77.2 Å². The first-order valence-corrected chi connectivity index (χ1v) is 13.2. The molecule has 2 aromatic carbocycles. The summed E-state index contributed by atoms with van der Waals surface area (Å²) in [4.78, 5) is 20.4. The maximum Gasteiger partial charge on any atom is 0.270 e. The number of hydrogen-bond donors (Lipinski definition) is 2. The first-order chi connectivity index (χ1) is 17.4. The van der Waals surface area contributed by atoms with E-state index in [0.29, 0.717) is 36.6 Å². The predicted molar refractivity (Wildman–Crippen MR) is 140 cm³/mol. The van der Waals surface area contributed by atoms with Crippen molar-refractivity contribution in [3.63, 3.8) is 0 Å². The van der Waals surface area contributed by atoms with Crippen molar-refractivity contribution in [1.82, 2.24) is 14.8 Å². The predicted octanol–water partition coefficient (Wildman–Crippen LogP) is 4.83. The van der Waals surface area contributed by atoms with Gasteiger partial charge in [0.15, 0.2) is 0 Å². The Morgan fingerprint density at radius 2 is 1.97 bits per heavy atom. The number of piperidine rings is 2. The number of rotatable bonds is 4. The highest BCUT2D eigenvalue weighted by molar-refractivity contribution is 5.98. The van der Waals surface area contributed by atoms with Crippen molar-refractivity contribution in [2.24, 2.45) is 11.8 Å². The summed E-state index contributed by atoms with van der Waals surface area (Å²) in [5.41, 5.74) is 4.18. The molecule has 1 amide bonds. The third-order valence-corrected chi connectivity index (χ3v) is 8.91. The lowest BCUT2D eigenvalue weighted by molar-refractivity contribution is 0.0138. The van der Waals surface area contributed by atoms with E-state index in [-0.39, 0.29) is 29.2 Å². The van der Waals surface area contributed by atoms with E-state index in [1.165, 1.54) is 23.3 Å². The quantitative estimate of drug-likeness (QED) is 0.554. The van der Waals surface area contributed by atoms with Crippen molar-refractivity contribution in [1.29, 1.82) is 0 Å². The molecule has 2 aliphatic heterocycles. The minimum Gasteiger partial charge on any atom is -0.392 e. The molecule has 0 bridgehead atoms. The highest BCUT2D eigenvalue weighted by Gasteiger charge is 2.43. The monoisotopic (exact) mass is 487 g/mol. The lowest BCUT2D eigenvalue weighted by atomic mass is 9.68. The van der Waals surface area contributed by atoms with Crippen molar-refractivity contribution in [2.45, 2.75) is 37.7 Å². The molecule has 188 valence electrons. The average Bonchev–Trinajstić information content (AvgIpc) is 3.48. The molecule has 1 aliphatic carbocycles. The summed E-state index contributed by atoms with van der Waals surface area (Å²) in [5, 5.41) is 11.8. The van der Waals surface area contributed by atoms with E-state index in [1.807, 2.05) is 4.90 Å². The number of fused-ring (bicyclic) bond motifs is 3. The molecule has 0 unspecified atom stereocenters. The normalized spacial score (nSPS) is 25.5. The van der Waals surface area contributed by atoms with Gasteiger partial charge in [0.2, 0.25) is 0 Å². The van der Waals surface area contributed by atoms with E-state index >= 15 is 0 Å². The molecule has 3 aliphatic rings. The number of halogens is 1. The molecule has 1 spiro atoms. The van der Waals surface area contributed by atoms with Gasteiger partial charge in [0, 0.05) is 42.5 Å². The number of nitrogens with one attached hydrogen (secondary N) is 1. The molecule has 0 radical (unpaired) electrons. The van der Waals surface area contributed by atoms with E-state index in [2.05, 4.69) is 53.2 Å². The van der Waals surface area contributed by atoms with Crippen LogP contribution in [0.2, 0.25) is 0 Å². The minimum atomic E-state index is -0.383. The van der Waals surface area contributed by atoms with Crippen LogP contribution in [-0.4, -0.2) is 64.6 Å². The number of aliphatic hydroxyl groups excluding tert-OH is 1. The zero-order chi connectivity index (χ0) is 24.9. The van der Waals surface area contributed by atoms with Crippen LogP contribution in [0, 0.1) is 17.7 Å². The average molecular weight is 488 g/mol. The number of benzene rings is 2. The molecule has 2 fully saturated rings. The van der Waals surface area contributed by atoms with Crippen LogP contribution in [0.15, 0.2) is 54.6 Å². The third kappa shape index (κ3) is 4.06. The Bertz CT molecular complexity index is 1310. The lowest BCUT2D eigenvalue weighted by Crippen LogP contribution is -2.51. The third-order valence-electron chi connectivity index (χ3n) is 8.91. The number of likely N-dealkylation sites (tertiary alicyclic amines) is 2. The fourth-order valence-electron chi connectivity index (χ4n) is 6.73. The van der Waals surface area contributed by atoms with E-state index in [4.69, 9.17) is 0 Å². The standard InChI is InChI=1S/C30H34FN3O2/c1-20-18-33(15-12-30(20)11-8-21-4-2-3-5-25(21)30)19-28(35)22-9-13-34(14-10-22)29(36)27-17-23-16-24(31)6-7-26(23)32-27/h2-8,11,16-17,20,22,28,32,35H,9-10,12-15,18-19H2,1H3/t20-,28-,30-/m1/s1. The van der Waals surface area contributed by atoms with Crippen LogP contribution in [0.3, 0.4) is 0 Å². The summed E-state index contributed by atoms with van der Waals surface area (Å²) < 4.78 is 13.5. The zero-order valence-corrected chi connectivity index (χ0v) is 20.8. The molecule has 2 saturated heterocycles. The summed E-state index contributed by atoms with van der Waals surface area (Å²) in [7, 11) is 0. The molecule has 5 nitrogen and oxygen atoms in total. The molecule has 6 heteroatoms. The van der Waals surface area contributed by atoms with E-state index < -0.39 is 0 Å². The smallest absolute Gasteiger partial charge is 0.270 e. The number of aromatic amines is 1. The fourth-order valence-corrected chi connectivity index (χ4v) is 6.73. The fraction of sp³-hybridized carbons (Fsp3) is 0.433. The van der Waals surface area contributed by atoms with E-state index in [0.717, 1.165) is 37.9 Å². The Morgan fingerprint density at radius 3 is 2.78 bits per heavy atom. The second-order valence-corrected chi connectivity index (χ2v) is 11.0. The molecule has 36 heavy (non-hydrogen) atoms. The summed E-state index contributed by atoms with van der Waals surface area (Å²) in [5.74, 6) is 0.324. The van der Waals surface area contributed by atoms with Gasteiger partial charge in [-0.05, 0) is 73.0 Å². The van der Waals surface area contributed by atoms with Crippen molar-refractivity contribution >= 4 is 22.9 Å². The highest BCUT2D eigenvalue weighted by Crippen LogP contribution is 2.46. The summed E-state index contributed by atoms with van der Waals surface area (Å²) >= 11 is 0. The van der Waals surface area contributed by atoms with Crippen LogP contribution in [-0.2, 0) is 5.41 Å². The van der Waals surface area contributed by atoms with Crippen molar-refractivity contribution < 1.29 is 14.3 Å². The van der Waals surface area contributed by atoms with Gasteiger partial charge in [0.1, 0.15) is 11.5 Å². The minimum absolute atomic E-state index is 0.0559. The Labute approximate surface area is 211 Å². The number of nitrogens with zero attached hydrogens (tertiary/aromatic N) is 2. The van der Waals surface area contributed by atoms with E-state index in [9.17, 15) is 14.3 Å². The van der Waals surface area contributed by atoms with Crippen LogP contribution >= 0.6 is 0 Å². The topological polar surface area (TPSA) is 59.6 Å². The molecule has 2 N–H and O–H groups in total. The van der Waals surface area contributed by atoms with Crippen LogP contribution in [0.1, 0.15) is 47.8 Å². The Balaban J connectivity index is 1.03. The summed E-state index contributed by atoms with van der Waals surface area (Å²) in [6.07, 6.45) is 6.98. The Hall–Kier alpha value is -2.96. The van der Waals surface area contributed by atoms with Gasteiger partial charge in [-0.2, -0.15) is 0 Å². The number of carbonyl (C=O) groups excluding carboxylic acids is 1. The summed E-state index contributed by atoms with van der Waals surface area (Å²) in [6, 6.07) is 15.0. The van der Waals surface area contributed by atoms with Crippen molar-refractivity contribution in [2.75, 3.05) is 32.7 Å². The van der Waals surface area contributed by atoms with Crippen LogP contribution in [0.5, 0.6) is 0 Å². The van der Waals surface area contributed by atoms with Gasteiger partial charge in [0.05, 0.1) is 6.10 Å². The van der Waals surface area contributed by atoms with Crippen LogP contribution in [0.4, 0.5) is 4.39 Å². The van der Waals surface area contributed by atoms with Crippen LogP contribution in [0.25, 0.3) is 17.0 Å². The number of aromatic nitrogens is 1. The van der Waals surface area contributed by atoms with Crippen molar-refractivity contribution in [3.8, 4) is 0 Å². The molecule has 6 rings (SSSR count). The zero-order valence-electron chi connectivity index (χ0n) is 20.8. The maximum atomic E-state index is 13.5. The number of allylic oxidation sites excluding steroid dienone is 1. The molecule has 3 aromatic rings. The second-order valence-electron chi connectivity index (χ2n) is 11.0. The first kappa shape index (κ1) is 23.4. The lowest BCUT2D eigenvalue weighted by Gasteiger charge is -2.45. The maximum absolute atomic E-state index is 13.5. The molecular weight excluding hydrogens is 453 g/mol. The van der Waals surface area contributed by atoms with Gasteiger partial charge >= 0.3 is 0 Å². The molecule has 1 aromatic heterocycles. The van der Waals surface area contributed by atoms with Gasteiger partial charge < -0.3 is 19.9 Å². The highest BCUT2D eigenvalue weighted by atomic mass is 19.1. The molecule has 3 atom stereocenters. The van der Waals surface area contributed by atoms with Crippen LogP contribution < -0.4 is 0 Å². The number of β-amino-alcohol motifs (C(OH)–C–C–N with tert-alkyl or cyclic N) is 1. The SMILES string of the molecule is C[C@@H]1CN(C[C@@H](O)C2CCN(C(=O)c3cc4cc(F)ccc4[nH]3)CC2)CC[C@]12C=Cc1ccccc12. The van der Waals surface area contributed by atoms with Gasteiger partial charge in [-0.15, -0.1) is 0 Å². The van der Waals surface area contributed by atoms with E-state index in [1.54, 1.807) is 12.1 Å². The number of aliphatic hydroxyl groups is 1. The number of amides is 1. The summed E-state index contributed by atoms with van der Waals surface area (Å²) in [6.45, 7) is 6.26. The van der Waals surface area contributed by atoms with Gasteiger partial charge in [-0.1, -0.05) is 43.3 Å². The molecule has 3 heterocycles. The van der Waals surface area contributed by atoms with Gasteiger partial charge in [-0.3, -0.25) is 4.79 Å². The Morgan fingerprint density at radius 1 is 1.17 bits per heavy atom. The molecule has 0 saturated carbocycles. The first-order valence-electron chi connectivity index (χ1n) is 13.2. The number of hydrogen-bond acceptors (Lipinski definition) is 3. The molecular formula is C30H34FN3O2. The second kappa shape index (κ2) is 9.16.